The fourth-order valence-corrected chi connectivity index (χ4v) is 1.91. The zero-order valence-corrected chi connectivity index (χ0v) is 9.28. The van der Waals surface area contributed by atoms with E-state index in [-0.39, 0.29) is 0 Å². The zero-order valence-electron chi connectivity index (χ0n) is 8.47. The van der Waals surface area contributed by atoms with E-state index < -0.39 is 9.84 Å². The summed E-state index contributed by atoms with van der Waals surface area (Å²) in [7, 11) is -2.76. The molecule has 4 heteroatoms. The van der Waals surface area contributed by atoms with E-state index in [0.29, 0.717) is 11.2 Å². The summed E-state index contributed by atoms with van der Waals surface area (Å²) >= 11 is 0. The highest BCUT2D eigenvalue weighted by molar-refractivity contribution is 7.90. The Morgan fingerprint density at radius 1 is 1.38 bits per heavy atom. The minimum Gasteiger partial charge on any atom is -0.316 e. The normalized spacial score (nSPS) is 20.2. The predicted molar refractivity (Wildman–Crippen MR) is 54.5 cm³/mol. The quantitative estimate of drug-likeness (QED) is 0.653. The maximum absolute atomic E-state index is 10.8. The molecule has 0 saturated heterocycles. The van der Waals surface area contributed by atoms with Crippen LogP contribution in [-0.2, 0) is 9.84 Å². The topological polar surface area (TPSA) is 46.2 Å². The van der Waals surface area contributed by atoms with Crippen molar-refractivity contribution in [1.29, 1.82) is 0 Å². The Morgan fingerprint density at radius 2 is 2.00 bits per heavy atom. The van der Waals surface area contributed by atoms with Crippen LogP contribution >= 0.6 is 0 Å². The summed E-state index contributed by atoms with van der Waals surface area (Å²) in [6.45, 7) is 4.12. The minimum absolute atomic E-state index is 0.302. The van der Waals surface area contributed by atoms with Gasteiger partial charge >= 0.3 is 0 Å². The highest BCUT2D eigenvalue weighted by atomic mass is 32.2. The number of hydrogen-bond acceptors (Lipinski definition) is 3. The Labute approximate surface area is 80.8 Å². The van der Waals surface area contributed by atoms with Crippen molar-refractivity contribution >= 4 is 9.84 Å². The molecule has 0 radical (unpaired) electrons. The SMILES string of the molecule is CC1(CNCCCS(C)(=O)=O)CC1. The number of rotatable bonds is 6. The van der Waals surface area contributed by atoms with Crippen molar-refractivity contribution < 1.29 is 8.42 Å². The molecule has 13 heavy (non-hydrogen) atoms. The Hall–Kier alpha value is -0.0900. The van der Waals surface area contributed by atoms with Crippen LogP contribution in [0.3, 0.4) is 0 Å². The summed E-state index contributed by atoms with van der Waals surface area (Å²) in [6, 6.07) is 0. The molecule has 1 aliphatic rings. The van der Waals surface area contributed by atoms with Gasteiger partial charge in [0, 0.05) is 12.8 Å². The van der Waals surface area contributed by atoms with E-state index in [1.807, 2.05) is 0 Å². The molecule has 1 N–H and O–H groups in total. The standard InChI is InChI=1S/C9H19NO2S/c1-9(4-5-9)8-10-6-3-7-13(2,11)12/h10H,3-8H2,1-2H3. The van der Waals surface area contributed by atoms with Gasteiger partial charge in [-0.15, -0.1) is 0 Å². The fourth-order valence-electron chi connectivity index (χ4n) is 1.24. The van der Waals surface area contributed by atoms with Crippen LogP contribution in [0.1, 0.15) is 26.2 Å². The lowest BCUT2D eigenvalue weighted by Crippen LogP contribution is -2.24. The Morgan fingerprint density at radius 3 is 2.46 bits per heavy atom. The Balaban J connectivity index is 1.96. The van der Waals surface area contributed by atoms with Crippen molar-refractivity contribution in [3.8, 4) is 0 Å². The molecule has 0 heterocycles. The van der Waals surface area contributed by atoms with E-state index in [1.54, 1.807) is 0 Å². The fraction of sp³-hybridized carbons (Fsp3) is 1.00. The van der Waals surface area contributed by atoms with Crippen molar-refractivity contribution in [2.75, 3.05) is 25.1 Å². The Kier molecular flexibility index (Phi) is 3.35. The summed E-state index contributed by atoms with van der Waals surface area (Å²) < 4.78 is 21.6. The molecule has 0 spiro atoms. The molecule has 0 unspecified atom stereocenters. The lowest BCUT2D eigenvalue weighted by Gasteiger charge is -2.08. The average molecular weight is 205 g/mol. The second-order valence-corrected chi connectivity index (χ2v) is 6.73. The predicted octanol–water partition coefficient (Wildman–Crippen LogP) is 0.811. The Bertz CT molecular complexity index is 255. The van der Waals surface area contributed by atoms with Gasteiger partial charge in [-0.25, -0.2) is 8.42 Å². The molecule has 1 rings (SSSR count). The van der Waals surface area contributed by atoms with Crippen LogP contribution in [0.5, 0.6) is 0 Å². The lowest BCUT2D eigenvalue weighted by molar-refractivity contribution is 0.499. The summed E-state index contributed by atoms with van der Waals surface area (Å²) in [5, 5.41) is 3.30. The van der Waals surface area contributed by atoms with E-state index in [0.717, 1.165) is 19.5 Å². The van der Waals surface area contributed by atoms with Crippen LogP contribution in [-0.4, -0.2) is 33.5 Å². The monoisotopic (exact) mass is 205 g/mol. The van der Waals surface area contributed by atoms with E-state index in [2.05, 4.69) is 12.2 Å². The second kappa shape index (κ2) is 3.96. The molecule has 0 aromatic carbocycles. The first-order valence-corrected chi connectivity index (χ1v) is 6.86. The molecule has 78 valence electrons. The van der Waals surface area contributed by atoms with Crippen LogP contribution < -0.4 is 5.32 Å². The van der Waals surface area contributed by atoms with E-state index in [9.17, 15) is 8.42 Å². The van der Waals surface area contributed by atoms with Gasteiger partial charge in [-0.05, 0) is 31.2 Å². The van der Waals surface area contributed by atoms with Gasteiger partial charge in [-0.2, -0.15) is 0 Å². The highest BCUT2D eigenvalue weighted by Gasteiger charge is 2.36. The summed E-state index contributed by atoms with van der Waals surface area (Å²) in [4.78, 5) is 0. The van der Waals surface area contributed by atoms with Gasteiger partial charge in [-0.3, -0.25) is 0 Å². The van der Waals surface area contributed by atoms with Crippen LogP contribution in [0.15, 0.2) is 0 Å². The minimum atomic E-state index is -2.76. The number of hydrogen-bond donors (Lipinski definition) is 1. The molecule has 0 bridgehead atoms. The average Bonchev–Trinajstić information content (AvgIpc) is 2.65. The van der Waals surface area contributed by atoms with Crippen molar-refractivity contribution in [3.63, 3.8) is 0 Å². The molecule has 1 fully saturated rings. The molecule has 0 amide bonds. The maximum Gasteiger partial charge on any atom is 0.147 e. The van der Waals surface area contributed by atoms with Gasteiger partial charge in [0.2, 0.25) is 0 Å². The molecule has 0 aliphatic heterocycles. The van der Waals surface area contributed by atoms with Crippen LogP contribution in [0.4, 0.5) is 0 Å². The third-order valence-corrected chi connectivity index (χ3v) is 3.55. The highest BCUT2D eigenvalue weighted by Crippen LogP contribution is 2.43. The van der Waals surface area contributed by atoms with E-state index >= 15 is 0 Å². The van der Waals surface area contributed by atoms with Crippen LogP contribution in [0, 0.1) is 5.41 Å². The third kappa shape index (κ3) is 5.26. The molecular weight excluding hydrogens is 186 g/mol. The van der Waals surface area contributed by atoms with Crippen molar-refractivity contribution in [3.05, 3.63) is 0 Å². The van der Waals surface area contributed by atoms with Gasteiger partial charge in [0.1, 0.15) is 9.84 Å². The summed E-state index contributed by atoms with van der Waals surface area (Å²) in [5.74, 6) is 0.302. The number of nitrogens with one attached hydrogen (secondary N) is 1. The largest absolute Gasteiger partial charge is 0.316 e. The lowest BCUT2D eigenvalue weighted by atomic mass is 10.1. The van der Waals surface area contributed by atoms with Crippen molar-refractivity contribution in [2.45, 2.75) is 26.2 Å². The molecule has 3 nitrogen and oxygen atoms in total. The van der Waals surface area contributed by atoms with Crippen LogP contribution in [0.25, 0.3) is 0 Å². The zero-order chi connectivity index (χ0) is 9.95. The maximum atomic E-state index is 10.8. The first-order chi connectivity index (χ1) is 5.91. The van der Waals surface area contributed by atoms with Crippen molar-refractivity contribution in [1.82, 2.24) is 5.32 Å². The van der Waals surface area contributed by atoms with Gasteiger partial charge in [0.25, 0.3) is 0 Å². The molecule has 0 aromatic rings. The smallest absolute Gasteiger partial charge is 0.147 e. The summed E-state index contributed by atoms with van der Waals surface area (Å²) in [6.07, 6.45) is 4.64. The second-order valence-electron chi connectivity index (χ2n) is 4.47. The molecule has 1 saturated carbocycles. The first-order valence-electron chi connectivity index (χ1n) is 4.80. The van der Waals surface area contributed by atoms with Gasteiger partial charge in [-0.1, -0.05) is 6.92 Å². The molecular formula is C9H19NO2S. The van der Waals surface area contributed by atoms with Gasteiger partial charge in [0.05, 0.1) is 5.75 Å². The molecule has 1 aliphatic carbocycles. The van der Waals surface area contributed by atoms with E-state index in [1.165, 1.54) is 19.1 Å². The van der Waals surface area contributed by atoms with Crippen molar-refractivity contribution in [2.24, 2.45) is 5.41 Å². The summed E-state index contributed by atoms with van der Waals surface area (Å²) in [5.41, 5.74) is 0.519. The van der Waals surface area contributed by atoms with Gasteiger partial charge < -0.3 is 5.32 Å². The molecule has 0 atom stereocenters. The third-order valence-electron chi connectivity index (χ3n) is 2.52. The molecule has 0 aromatic heterocycles. The first kappa shape index (κ1) is 11.0. The number of sulfone groups is 1. The van der Waals surface area contributed by atoms with Crippen LogP contribution in [0.2, 0.25) is 0 Å². The van der Waals surface area contributed by atoms with E-state index in [4.69, 9.17) is 0 Å². The van der Waals surface area contributed by atoms with Gasteiger partial charge in [0.15, 0.2) is 0 Å².